The summed E-state index contributed by atoms with van der Waals surface area (Å²) in [6.45, 7) is 4.62. The molecule has 0 aliphatic heterocycles. The largest absolute Gasteiger partial charge is 0.397 e. The molecular weight excluding hydrogens is 293 g/mol. The first-order valence-electron chi connectivity index (χ1n) is 7.13. The van der Waals surface area contributed by atoms with E-state index < -0.39 is 11.4 Å². The minimum Gasteiger partial charge on any atom is -0.397 e. The Morgan fingerprint density at radius 1 is 1.24 bits per heavy atom. The lowest BCUT2D eigenvalue weighted by Crippen LogP contribution is -2.42. The van der Waals surface area contributed by atoms with E-state index in [1.54, 1.807) is 0 Å². The van der Waals surface area contributed by atoms with E-state index in [0.717, 1.165) is 12.8 Å². The van der Waals surface area contributed by atoms with Crippen LogP contribution in [0.5, 0.6) is 0 Å². The van der Waals surface area contributed by atoms with E-state index in [9.17, 15) is 9.50 Å². The molecule has 0 radical (unpaired) electrons. The van der Waals surface area contributed by atoms with Gasteiger partial charge in [0.15, 0.2) is 5.82 Å². The molecule has 4 nitrogen and oxygen atoms in total. The van der Waals surface area contributed by atoms with Crippen LogP contribution in [0.3, 0.4) is 0 Å². The van der Waals surface area contributed by atoms with Crippen molar-refractivity contribution in [2.45, 2.75) is 45.1 Å². The van der Waals surface area contributed by atoms with Gasteiger partial charge in [0.05, 0.1) is 22.7 Å². The third-order valence-electron chi connectivity index (χ3n) is 4.39. The molecule has 2 rings (SSSR count). The van der Waals surface area contributed by atoms with Gasteiger partial charge in [0.25, 0.3) is 0 Å². The summed E-state index contributed by atoms with van der Waals surface area (Å²) in [5.74, 6) is -0.672. The van der Waals surface area contributed by atoms with Crippen molar-refractivity contribution in [2.24, 2.45) is 5.41 Å². The number of aliphatic hydroxyl groups is 1. The average Bonchev–Trinajstić information content (AvgIpc) is 2.40. The van der Waals surface area contributed by atoms with Crippen LogP contribution in [0.4, 0.5) is 21.5 Å². The quantitative estimate of drug-likeness (QED) is 0.644. The summed E-state index contributed by atoms with van der Waals surface area (Å²) < 4.78 is 14.1. The number of nitrogen functional groups attached to an aromatic ring is 2. The first-order valence-corrected chi connectivity index (χ1v) is 7.51. The molecule has 1 fully saturated rings. The molecule has 0 amide bonds. The number of rotatable bonds is 3. The molecule has 118 valence electrons. The van der Waals surface area contributed by atoms with Crippen molar-refractivity contribution < 1.29 is 9.50 Å². The SMILES string of the molecule is CC1(C)CCC(O)(CNc2c(N)cc(N)c(Cl)c2F)CC1. The second-order valence-corrected chi connectivity index (χ2v) is 7.18. The molecule has 6 heteroatoms. The van der Waals surface area contributed by atoms with Crippen LogP contribution in [-0.2, 0) is 0 Å². The molecule has 0 aromatic heterocycles. The lowest BCUT2D eigenvalue weighted by Gasteiger charge is -2.40. The van der Waals surface area contributed by atoms with Crippen LogP contribution in [-0.4, -0.2) is 17.3 Å². The molecule has 21 heavy (non-hydrogen) atoms. The number of nitrogens with two attached hydrogens (primary N) is 2. The Kier molecular flexibility index (Phi) is 4.26. The van der Waals surface area contributed by atoms with Crippen molar-refractivity contribution in [1.29, 1.82) is 0 Å². The molecule has 1 aliphatic carbocycles. The van der Waals surface area contributed by atoms with Gasteiger partial charge >= 0.3 is 0 Å². The lowest BCUT2D eigenvalue weighted by atomic mass is 9.71. The molecule has 0 bridgehead atoms. The molecule has 0 spiro atoms. The fourth-order valence-corrected chi connectivity index (χ4v) is 2.82. The summed E-state index contributed by atoms with van der Waals surface area (Å²) in [7, 11) is 0. The molecule has 1 saturated carbocycles. The van der Waals surface area contributed by atoms with E-state index in [0.29, 0.717) is 12.8 Å². The topological polar surface area (TPSA) is 84.3 Å². The van der Waals surface area contributed by atoms with Crippen molar-refractivity contribution in [3.05, 3.63) is 16.9 Å². The average molecular weight is 316 g/mol. The molecule has 1 aliphatic rings. The van der Waals surface area contributed by atoms with E-state index in [1.165, 1.54) is 6.07 Å². The normalized spacial score (nSPS) is 20.2. The summed E-state index contributed by atoms with van der Waals surface area (Å²) in [6, 6.07) is 1.42. The minimum atomic E-state index is -0.845. The van der Waals surface area contributed by atoms with Crippen LogP contribution in [0.15, 0.2) is 6.07 Å². The van der Waals surface area contributed by atoms with Crippen molar-refractivity contribution >= 4 is 28.7 Å². The Morgan fingerprint density at radius 2 is 1.81 bits per heavy atom. The van der Waals surface area contributed by atoms with Gasteiger partial charge < -0.3 is 21.9 Å². The first-order chi connectivity index (χ1) is 9.64. The molecule has 6 N–H and O–H groups in total. The fourth-order valence-electron chi connectivity index (χ4n) is 2.67. The Hall–Kier alpha value is -1.20. The summed E-state index contributed by atoms with van der Waals surface area (Å²) in [6.07, 6.45) is 3.23. The van der Waals surface area contributed by atoms with Gasteiger partial charge in [-0.25, -0.2) is 4.39 Å². The zero-order valence-electron chi connectivity index (χ0n) is 12.5. The van der Waals surface area contributed by atoms with Crippen LogP contribution < -0.4 is 16.8 Å². The highest BCUT2D eigenvalue weighted by atomic mass is 35.5. The van der Waals surface area contributed by atoms with Gasteiger partial charge in [0.2, 0.25) is 0 Å². The van der Waals surface area contributed by atoms with E-state index in [-0.39, 0.29) is 34.0 Å². The molecule has 0 atom stereocenters. The highest BCUT2D eigenvalue weighted by molar-refractivity contribution is 6.33. The first kappa shape index (κ1) is 16.2. The van der Waals surface area contributed by atoms with Crippen molar-refractivity contribution in [3.63, 3.8) is 0 Å². The number of halogens is 2. The van der Waals surface area contributed by atoms with Crippen molar-refractivity contribution in [2.75, 3.05) is 23.3 Å². The Labute approximate surface area is 129 Å². The third kappa shape index (κ3) is 3.52. The van der Waals surface area contributed by atoms with Gasteiger partial charge in [-0.2, -0.15) is 0 Å². The van der Waals surface area contributed by atoms with E-state index in [4.69, 9.17) is 23.1 Å². The lowest BCUT2D eigenvalue weighted by molar-refractivity contribution is -0.0145. The van der Waals surface area contributed by atoms with E-state index in [1.807, 2.05) is 0 Å². The van der Waals surface area contributed by atoms with E-state index >= 15 is 0 Å². The molecule has 1 aromatic rings. The number of benzene rings is 1. The zero-order valence-corrected chi connectivity index (χ0v) is 13.2. The number of nitrogens with one attached hydrogen (secondary N) is 1. The monoisotopic (exact) mass is 315 g/mol. The maximum absolute atomic E-state index is 14.1. The third-order valence-corrected chi connectivity index (χ3v) is 4.78. The Balaban J connectivity index is 2.09. The van der Waals surface area contributed by atoms with Crippen LogP contribution in [0.25, 0.3) is 0 Å². The molecule has 1 aromatic carbocycles. The molecule has 0 saturated heterocycles. The Bertz CT molecular complexity index is 538. The van der Waals surface area contributed by atoms with E-state index in [2.05, 4.69) is 19.2 Å². The second-order valence-electron chi connectivity index (χ2n) is 6.80. The molecular formula is C15H23ClFN3O. The predicted molar refractivity (Wildman–Crippen MR) is 85.9 cm³/mol. The van der Waals surface area contributed by atoms with Gasteiger partial charge in [-0.3, -0.25) is 0 Å². The second kappa shape index (κ2) is 5.54. The highest BCUT2D eigenvalue weighted by Crippen LogP contribution is 2.41. The van der Waals surface area contributed by atoms with Crippen LogP contribution in [0.1, 0.15) is 39.5 Å². The highest BCUT2D eigenvalue weighted by Gasteiger charge is 2.36. The van der Waals surface area contributed by atoms with Gasteiger partial charge in [-0.1, -0.05) is 25.4 Å². The maximum Gasteiger partial charge on any atom is 0.169 e. The predicted octanol–water partition coefficient (Wildman–Crippen LogP) is 3.39. The zero-order chi connectivity index (χ0) is 15.8. The summed E-state index contributed by atoms with van der Waals surface area (Å²) >= 11 is 5.79. The van der Waals surface area contributed by atoms with Gasteiger partial charge in [0.1, 0.15) is 5.02 Å². The van der Waals surface area contributed by atoms with Gasteiger partial charge in [-0.05, 0) is 37.2 Å². The van der Waals surface area contributed by atoms with Crippen molar-refractivity contribution in [3.8, 4) is 0 Å². The summed E-state index contributed by atoms with van der Waals surface area (Å²) in [4.78, 5) is 0. The number of hydrogen-bond donors (Lipinski definition) is 4. The van der Waals surface area contributed by atoms with Gasteiger partial charge in [-0.15, -0.1) is 0 Å². The standard InChI is InChI=1S/C15H23ClFN3O/c1-14(2)3-5-15(21,6-4-14)8-20-13-10(19)7-9(18)11(16)12(13)17/h7,20-21H,3-6,8,18-19H2,1-2H3. The smallest absolute Gasteiger partial charge is 0.169 e. The van der Waals surface area contributed by atoms with Crippen molar-refractivity contribution in [1.82, 2.24) is 0 Å². The van der Waals surface area contributed by atoms with Crippen LogP contribution in [0.2, 0.25) is 5.02 Å². The molecule has 0 heterocycles. The summed E-state index contributed by atoms with van der Waals surface area (Å²) in [5, 5.41) is 13.3. The van der Waals surface area contributed by atoms with Crippen LogP contribution >= 0.6 is 11.6 Å². The van der Waals surface area contributed by atoms with Crippen LogP contribution in [0, 0.1) is 11.2 Å². The fraction of sp³-hybridized carbons (Fsp3) is 0.600. The maximum atomic E-state index is 14.1. The minimum absolute atomic E-state index is 0.104. The van der Waals surface area contributed by atoms with Gasteiger partial charge in [0, 0.05) is 6.54 Å². The number of hydrogen-bond acceptors (Lipinski definition) is 4. The molecule has 0 unspecified atom stereocenters. The Morgan fingerprint density at radius 3 is 2.38 bits per heavy atom. The summed E-state index contributed by atoms with van der Waals surface area (Å²) in [5.41, 5.74) is 11.1. The number of anilines is 3.